The fraction of sp³-hybridized carbons (Fsp3) is 0.348. The number of ether oxygens (including phenoxy) is 1. The zero-order chi connectivity index (χ0) is 22.4. The van der Waals surface area contributed by atoms with Crippen molar-refractivity contribution < 1.29 is 22.3 Å². The number of amides is 1. The standard InChI is InChI=1S/C23H25FN2O4S/c1-3-11-25(17-18-5-9-21(24)10-6-18)23(27)20-8-7-19(4-2)22(16-20)31(28,29)26-12-14-30-15-13-26/h1,5-10,16H,4,11-15,17H2,2H3. The van der Waals surface area contributed by atoms with Crippen molar-refractivity contribution in [2.75, 3.05) is 32.8 Å². The Morgan fingerprint density at radius 2 is 1.87 bits per heavy atom. The molecule has 1 heterocycles. The van der Waals surface area contributed by atoms with E-state index < -0.39 is 10.0 Å². The third kappa shape index (κ3) is 5.31. The van der Waals surface area contributed by atoms with Crippen LogP contribution in [-0.4, -0.2) is 56.4 Å². The monoisotopic (exact) mass is 444 g/mol. The molecule has 0 unspecified atom stereocenters. The summed E-state index contributed by atoms with van der Waals surface area (Å²) in [5, 5.41) is 0. The van der Waals surface area contributed by atoms with Gasteiger partial charge in [-0.2, -0.15) is 4.31 Å². The first kappa shape index (κ1) is 22.9. The Kier molecular flexibility index (Phi) is 7.44. The van der Waals surface area contributed by atoms with E-state index >= 15 is 0 Å². The van der Waals surface area contributed by atoms with Gasteiger partial charge < -0.3 is 9.64 Å². The van der Waals surface area contributed by atoms with E-state index in [0.29, 0.717) is 25.2 Å². The molecular weight excluding hydrogens is 419 g/mol. The second-order valence-electron chi connectivity index (χ2n) is 7.18. The Bertz CT molecular complexity index is 1070. The fourth-order valence-corrected chi connectivity index (χ4v) is 5.18. The van der Waals surface area contributed by atoms with Crippen LogP contribution in [0.4, 0.5) is 4.39 Å². The SMILES string of the molecule is C#CCN(Cc1ccc(F)cc1)C(=O)c1ccc(CC)c(S(=O)(=O)N2CCOCC2)c1. The third-order valence-corrected chi connectivity index (χ3v) is 7.12. The lowest BCUT2D eigenvalue weighted by atomic mass is 10.1. The number of nitrogens with zero attached hydrogens (tertiary/aromatic N) is 2. The largest absolute Gasteiger partial charge is 0.379 e. The first-order valence-electron chi connectivity index (χ1n) is 10.0. The molecule has 31 heavy (non-hydrogen) atoms. The van der Waals surface area contributed by atoms with Crippen molar-refractivity contribution in [2.45, 2.75) is 24.8 Å². The average Bonchev–Trinajstić information content (AvgIpc) is 2.80. The van der Waals surface area contributed by atoms with Crippen LogP contribution in [0.25, 0.3) is 0 Å². The highest BCUT2D eigenvalue weighted by atomic mass is 32.2. The van der Waals surface area contributed by atoms with Crippen LogP contribution in [0.2, 0.25) is 0 Å². The number of sulfonamides is 1. The van der Waals surface area contributed by atoms with Crippen molar-refractivity contribution in [1.29, 1.82) is 0 Å². The van der Waals surface area contributed by atoms with Gasteiger partial charge in [0.25, 0.3) is 5.91 Å². The highest BCUT2D eigenvalue weighted by molar-refractivity contribution is 7.89. The molecule has 1 aliphatic rings. The molecule has 1 aliphatic heterocycles. The van der Waals surface area contributed by atoms with E-state index in [1.807, 2.05) is 6.92 Å². The van der Waals surface area contributed by atoms with Crippen LogP contribution in [0, 0.1) is 18.2 Å². The number of benzene rings is 2. The summed E-state index contributed by atoms with van der Waals surface area (Å²) in [6, 6.07) is 10.5. The van der Waals surface area contributed by atoms with Gasteiger partial charge in [-0.15, -0.1) is 6.42 Å². The fourth-order valence-electron chi connectivity index (χ4n) is 3.45. The lowest BCUT2D eigenvalue weighted by Crippen LogP contribution is -2.41. The van der Waals surface area contributed by atoms with Gasteiger partial charge in [0.1, 0.15) is 5.82 Å². The Morgan fingerprint density at radius 3 is 2.48 bits per heavy atom. The topological polar surface area (TPSA) is 66.9 Å². The number of aryl methyl sites for hydroxylation is 1. The summed E-state index contributed by atoms with van der Waals surface area (Å²) < 4.78 is 46.3. The van der Waals surface area contributed by atoms with E-state index in [0.717, 1.165) is 5.56 Å². The van der Waals surface area contributed by atoms with Crippen molar-refractivity contribution in [1.82, 2.24) is 9.21 Å². The molecule has 0 N–H and O–H groups in total. The number of morpholine rings is 1. The van der Waals surface area contributed by atoms with Crippen LogP contribution < -0.4 is 0 Å². The summed E-state index contributed by atoms with van der Waals surface area (Å²) in [5.41, 5.74) is 1.60. The predicted octanol–water partition coefficient (Wildman–Crippen LogP) is 2.68. The van der Waals surface area contributed by atoms with E-state index in [1.54, 1.807) is 24.3 Å². The molecule has 6 nitrogen and oxygen atoms in total. The van der Waals surface area contributed by atoms with Gasteiger partial charge in [-0.1, -0.05) is 31.0 Å². The van der Waals surface area contributed by atoms with Crippen LogP contribution in [0.1, 0.15) is 28.4 Å². The van der Waals surface area contributed by atoms with Gasteiger partial charge in [-0.3, -0.25) is 4.79 Å². The van der Waals surface area contributed by atoms with E-state index in [2.05, 4.69) is 5.92 Å². The molecule has 2 aromatic carbocycles. The van der Waals surface area contributed by atoms with Crippen molar-refractivity contribution in [3.63, 3.8) is 0 Å². The first-order chi connectivity index (χ1) is 14.9. The molecule has 3 rings (SSSR count). The number of terminal acetylenes is 1. The molecule has 164 valence electrons. The molecule has 2 aromatic rings. The van der Waals surface area contributed by atoms with E-state index in [4.69, 9.17) is 11.2 Å². The van der Waals surface area contributed by atoms with Crippen LogP contribution in [0.15, 0.2) is 47.4 Å². The van der Waals surface area contributed by atoms with Gasteiger partial charge in [0.2, 0.25) is 10.0 Å². The first-order valence-corrected chi connectivity index (χ1v) is 11.5. The maximum atomic E-state index is 13.2. The van der Waals surface area contributed by atoms with Crippen molar-refractivity contribution in [3.05, 3.63) is 65.0 Å². The van der Waals surface area contributed by atoms with E-state index in [-0.39, 0.29) is 48.4 Å². The van der Waals surface area contributed by atoms with Crippen LogP contribution in [0.5, 0.6) is 0 Å². The minimum absolute atomic E-state index is 0.0390. The molecule has 1 saturated heterocycles. The molecular formula is C23H25FN2O4S. The van der Waals surface area contributed by atoms with Crippen molar-refractivity contribution in [2.24, 2.45) is 0 Å². The molecule has 1 fully saturated rings. The lowest BCUT2D eigenvalue weighted by Gasteiger charge is -2.27. The Balaban J connectivity index is 1.93. The third-order valence-electron chi connectivity index (χ3n) is 5.14. The van der Waals surface area contributed by atoms with E-state index in [9.17, 15) is 17.6 Å². The van der Waals surface area contributed by atoms with Crippen molar-refractivity contribution in [3.8, 4) is 12.3 Å². The number of halogens is 1. The number of rotatable bonds is 7. The summed E-state index contributed by atoms with van der Waals surface area (Å²) in [6.45, 7) is 3.32. The molecule has 0 bridgehead atoms. The molecule has 0 aromatic heterocycles. The molecule has 1 amide bonds. The minimum atomic E-state index is -3.76. The van der Waals surface area contributed by atoms with Gasteiger partial charge in [-0.25, -0.2) is 12.8 Å². The van der Waals surface area contributed by atoms with Gasteiger partial charge in [0.15, 0.2) is 0 Å². The Hall–Kier alpha value is -2.73. The molecule has 0 spiro atoms. The van der Waals surface area contributed by atoms with E-state index in [1.165, 1.54) is 27.4 Å². The van der Waals surface area contributed by atoms with Crippen LogP contribution in [-0.2, 0) is 27.7 Å². The van der Waals surface area contributed by atoms with Gasteiger partial charge in [-0.05, 0) is 41.8 Å². The zero-order valence-electron chi connectivity index (χ0n) is 17.4. The van der Waals surface area contributed by atoms with Gasteiger partial charge in [0, 0.05) is 25.2 Å². The zero-order valence-corrected chi connectivity index (χ0v) is 18.2. The van der Waals surface area contributed by atoms with Crippen LogP contribution >= 0.6 is 0 Å². The smallest absolute Gasteiger partial charge is 0.254 e. The molecule has 8 heteroatoms. The summed E-state index contributed by atoms with van der Waals surface area (Å²) in [4.78, 5) is 14.7. The molecule has 0 aliphatic carbocycles. The second-order valence-corrected chi connectivity index (χ2v) is 9.09. The summed E-state index contributed by atoms with van der Waals surface area (Å²) in [7, 11) is -3.76. The maximum absolute atomic E-state index is 13.2. The second kappa shape index (κ2) is 10.1. The highest BCUT2D eigenvalue weighted by Crippen LogP contribution is 2.24. The van der Waals surface area contributed by atoms with Gasteiger partial charge >= 0.3 is 0 Å². The Labute approximate surface area is 182 Å². The number of carbonyl (C=O) groups is 1. The maximum Gasteiger partial charge on any atom is 0.254 e. The van der Waals surface area contributed by atoms with Gasteiger partial charge in [0.05, 0.1) is 24.7 Å². The molecule has 0 radical (unpaired) electrons. The lowest BCUT2D eigenvalue weighted by molar-refractivity contribution is 0.0729. The summed E-state index contributed by atoms with van der Waals surface area (Å²) in [6.07, 6.45) is 5.96. The number of hydrogen-bond donors (Lipinski definition) is 0. The average molecular weight is 445 g/mol. The predicted molar refractivity (Wildman–Crippen MR) is 115 cm³/mol. The molecule has 0 saturated carbocycles. The van der Waals surface area contributed by atoms with Crippen LogP contribution in [0.3, 0.4) is 0 Å². The summed E-state index contributed by atoms with van der Waals surface area (Å²) in [5.74, 6) is 1.71. The molecule has 0 atom stereocenters. The quantitative estimate of drug-likeness (QED) is 0.616. The summed E-state index contributed by atoms with van der Waals surface area (Å²) >= 11 is 0. The number of carbonyl (C=O) groups excluding carboxylic acids is 1. The minimum Gasteiger partial charge on any atom is -0.379 e. The highest BCUT2D eigenvalue weighted by Gasteiger charge is 2.29. The normalized spacial score (nSPS) is 14.7. The van der Waals surface area contributed by atoms with Crippen molar-refractivity contribution >= 4 is 15.9 Å². The number of hydrogen-bond acceptors (Lipinski definition) is 4. The Morgan fingerprint density at radius 1 is 1.19 bits per heavy atom.